The Labute approximate surface area is 264 Å². The van der Waals surface area contributed by atoms with Crippen LogP contribution in [0.5, 0.6) is 0 Å². The van der Waals surface area contributed by atoms with Crippen LogP contribution < -0.4 is 10.2 Å². The number of hydrogen-bond acceptors (Lipinski definition) is 6. The maximum atomic E-state index is 13.5. The molecule has 1 aromatic heterocycles. The molecular weight excluding hydrogens is 638 g/mol. The van der Waals surface area contributed by atoms with Gasteiger partial charge in [0.25, 0.3) is 5.91 Å². The van der Waals surface area contributed by atoms with Gasteiger partial charge < -0.3 is 10.2 Å². The van der Waals surface area contributed by atoms with Gasteiger partial charge in [-0.05, 0) is 84.6 Å². The summed E-state index contributed by atoms with van der Waals surface area (Å²) in [5.41, 5.74) is 5.83. The number of amides is 1. The first-order valence-corrected chi connectivity index (χ1v) is 16.5. The molecule has 5 aromatic rings. The first-order valence-electron chi connectivity index (χ1n) is 14.2. The van der Waals surface area contributed by atoms with Crippen LogP contribution >= 0.6 is 15.9 Å². The summed E-state index contributed by atoms with van der Waals surface area (Å²) in [6.45, 7) is 6.07. The molecule has 2 aliphatic rings. The van der Waals surface area contributed by atoms with Gasteiger partial charge in [-0.2, -0.15) is 5.10 Å². The van der Waals surface area contributed by atoms with Crippen LogP contribution in [0, 0.1) is 6.92 Å². The average molecular weight is 667 g/mol. The lowest BCUT2D eigenvalue weighted by molar-refractivity contribution is -0.110. The minimum absolute atomic E-state index is 0.184. The first-order chi connectivity index (χ1) is 21.1. The molecule has 0 saturated carbocycles. The van der Waals surface area contributed by atoms with Crippen LogP contribution in [-0.4, -0.2) is 29.9 Å². The Balaban J connectivity index is 1.35. The Morgan fingerprint density at radius 1 is 0.886 bits per heavy atom. The average Bonchev–Trinajstić information content (AvgIpc) is 3.36. The molecule has 10 heteroatoms. The van der Waals surface area contributed by atoms with E-state index in [1.807, 2.05) is 72.5 Å². The number of aryl methyl sites for hydroxylation is 1. The lowest BCUT2D eigenvalue weighted by Gasteiger charge is -2.40. The summed E-state index contributed by atoms with van der Waals surface area (Å²) in [7, 11) is -3.71. The summed E-state index contributed by atoms with van der Waals surface area (Å²) in [5, 5.41) is 7.84. The van der Waals surface area contributed by atoms with E-state index in [4.69, 9.17) is 10.1 Å². The number of para-hydroxylation sites is 2. The molecule has 0 spiro atoms. The largest absolute Gasteiger partial charge is 0.317 e. The van der Waals surface area contributed by atoms with Crippen molar-refractivity contribution in [2.45, 2.75) is 42.5 Å². The second kappa shape index (κ2) is 10.6. The fraction of sp³-hybridized carbons (Fsp3) is 0.147. The zero-order valence-corrected chi connectivity index (χ0v) is 26.6. The van der Waals surface area contributed by atoms with Crippen LogP contribution in [-0.2, 0) is 14.6 Å². The van der Waals surface area contributed by atoms with Gasteiger partial charge in [0.05, 0.1) is 38.6 Å². The van der Waals surface area contributed by atoms with E-state index in [9.17, 15) is 13.2 Å². The van der Waals surface area contributed by atoms with E-state index in [0.29, 0.717) is 23.1 Å². The molecule has 0 radical (unpaired) electrons. The number of hydrogen-bond donors (Lipinski definition) is 1. The summed E-state index contributed by atoms with van der Waals surface area (Å²) >= 11 is 3.61. The zero-order chi connectivity index (χ0) is 30.7. The van der Waals surface area contributed by atoms with E-state index in [0.717, 1.165) is 32.5 Å². The number of rotatable bonds is 5. The number of amidine groups is 1. The molecule has 0 saturated heterocycles. The summed E-state index contributed by atoms with van der Waals surface area (Å²) in [6.07, 6.45) is 0. The summed E-state index contributed by atoms with van der Waals surface area (Å²) < 4.78 is 29.4. The number of sulfone groups is 1. The summed E-state index contributed by atoms with van der Waals surface area (Å²) in [5.74, 6) is 0.770. The Bertz CT molecular complexity index is 2080. The molecule has 1 atom stereocenters. The Morgan fingerprint density at radius 2 is 1.57 bits per heavy atom. The minimum atomic E-state index is -3.71. The number of benzene rings is 4. The van der Waals surface area contributed by atoms with Gasteiger partial charge in [-0.25, -0.2) is 18.1 Å². The zero-order valence-electron chi connectivity index (χ0n) is 24.2. The second-order valence-electron chi connectivity index (χ2n) is 11.2. The third-order valence-electron chi connectivity index (χ3n) is 8.08. The van der Waals surface area contributed by atoms with Crippen LogP contribution in [0.15, 0.2) is 116 Å². The highest BCUT2D eigenvalue weighted by Gasteiger charge is 2.42. The molecule has 1 amide bonds. The van der Waals surface area contributed by atoms with Gasteiger partial charge >= 0.3 is 0 Å². The number of fused-ring (bicyclic) bond motifs is 4. The first kappa shape index (κ1) is 28.2. The van der Waals surface area contributed by atoms with Crippen molar-refractivity contribution >= 4 is 54.7 Å². The van der Waals surface area contributed by atoms with Crippen LogP contribution in [0.3, 0.4) is 0 Å². The van der Waals surface area contributed by atoms with Crippen molar-refractivity contribution in [1.29, 1.82) is 0 Å². The van der Waals surface area contributed by atoms with Crippen molar-refractivity contribution in [3.05, 3.63) is 124 Å². The van der Waals surface area contributed by atoms with Gasteiger partial charge in [0.1, 0.15) is 0 Å². The number of anilines is 2. The van der Waals surface area contributed by atoms with E-state index < -0.39 is 9.84 Å². The lowest BCUT2D eigenvalue weighted by atomic mass is 9.93. The smallest absolute Gasteiger partial charge is 0.291 e. The normalized spacial score (nSPS) is 15.8. The van der Waals surface area contributed by atoms with E-state index in [-0.39, 0.29) is 27.6 Å². The van der Waals surface area contributed by atoms with E-state index in [1.165, 1.54) is 0 Å². The highest BCUT2D eigenvalue weighted by Crippen LogP contribution is 2.47. The van der Waals surface area contributed by atoms with Crippen molar-refractivity contribution in [2.75, 3.05) is 10.2 Å². The quantitative estimate of drug-likeness (QED) is 0.210. The number of aromatic nitrogens is 2. The number of aliphatic imine (C=N–C) groups is 1. The van der Waals surface area contributed by atoms with Gasteiger partial charge in [-0.1, -0.05) is 66.2 Å². The molecule has 3 heterocycles. The molecule has 220 valence electrons. The molecule has 0 aliphatic carbocycles. The fourth-order valence-electron chi connectivity index (χ4n) is 5.85. The van der Waals surface area contributed by atoms with Gasteiger partial charge in [-0.15, -0.1) is 0 Å². The number of carbonyl (C=O) groups is 1. The van der Waals surface area contributed by atoms with Gasteiger partial charge in [0.15, 0.2) is 5.82 Å². The molecule has 7 rings (SSSR count). The minimum Gasteiger partial charge on any atom is -0.317 e. The van der Waals surface area contributed by atoms with Gasteiger partial charge in [-0.3, -0.25) is 4.79 Å². The van der Waals surface area contributed by atoms with E-state index in [2.05, 4.69) is 35.1 Å². The maximum Gasteiger partial charge on any atom is 0.291 e. The molecule has 2 aliphatic heterocycles. The van der Waals surface area contributed by atoms with Crippen LogP contribution in [0.4, 0.5) is 17.2 Å². The Morgan fingerprint density at radius 3 is 2.25 bits per heavy atom. The molecule has 1 N–H and O–H groups in total. The van der Waals surface area contributed by atoms with E-state index >= 15 is 0 Å². The van der Waals surface area contributed by atoms with Crippen LogP contribution in [0.2, 0.25) is 0 Å². The predicted molar refractivity (Wildman–Crippen MR) is 175 cm³/mol. The third kappa shape index (κ3) is 4.56. The van der Waals surface area contributed by atoms with Gasteiger partial charge in [0, 0.05) is 10.0 Å². The van der Waals surface area contributed by atoms with Crippen LogP contribution in [0.1, 0.15) is 48.2 Å². The number of carbonyl (C=O) groups excluding carboxylic acids is 1. The lowest BCUT2D eigenvalue weighted by Crippen LogP contribution is -2.48. The topological polar surface area (TPSA) is 96.7 Å². The molecular formula is C34H28BrN5O3S. The Kier molecular flexibility index (Phi) is 6.78. The number of nitrogens with one attached hydrogen (secondary N) is 1. The molecule has 0 bridgehead atoms. The predicted octanol–water partition coefficient (Wildman–Crippen LogP) is 7.49. The van der Waals surface area contributed by atoms with Crippen molar-refractivity contribution in [3.63, 3.8) is 0 Å². The third-order valence-corrected chi connectivity index (χ3v) is 10.4. The molecule has 1 unspecified atom stereocenters. The van der Waals surface area contributed by atoms with Crippen molar-refractivity contribution in [1.82, 2.24) is 9.78 Å². The molecule has 0 fully saturated rings. The van der Waals surface area contributed by atoms with E-state index in [1.54, 1.807) is 41.1 Å². The highest BCUT2D eigenvalue weighted by molar-refractivity contribution is 9.10. The highest BCUT2D eigenvalue weighted by atomic mass is 79.9. The van der Waals surface area contributed by atoms with Gasteiger partial charge in [0.2, 0.25) is 15.7 Å². The number of nitrogens with zero attached hydrogens (tertiary/aromatic N) is 4. The maximum absolute atomic E-state index is 13.5. The Hall–Kier alpha value is -4.54. The van der Waals surface area contributed by atoms with Crippen molar-refractivity contribution in [3.8, 4) is 5.69 Å². The monoisotopic (exact) mass is 665 g/mol. The SMILES string of the molecule is Cc1nn(-c2ccc(S(=O)(=O)c3ccc(C(C)C)cc3)cc2)c2c1C(c1cccc(Br)c1)N1C(=N2)C(=O)Nc2ccccc21. The van der Waals surface area contributed by atoms with Crippen molar-refractivity contribution < 1.29 is 13.2 Å². The van der Waals surface area contributed by atoms with Crippen LogP contribution in [0.25, 0.3) is 5.69 Å². The second-order valence-corrected chi connectivity index (χ2v) is 14.1. The molecule has 4 aromatic carbocycles. The standard InChI is InChI=1S/C34H28BrN5O3S/c1-20(2)22-11-15-26(16-12-22)44(42,43)27-17-13-25(14-18-27)40-32-30(21(3)38-40)31(23-7-6-8-24(35)19-23)39-29-10-5-4-9-28(29)36-34(41)33(39)37-32/h4-20,31H,1-3H3,(H,36,41). The number of halogens is 1. The molecule has 44 heavy (non-hydrogen) atoms. The summed E-state index contributed by atoms with van der Waals surface area (Å²) in [6, 6.07) is 28.9. The van der Waals surface area contributed by atoms with Crippen molar-refractivity contribution in [2.24, 2.45) is 4.99 Å². The molecule has 8 nitrogen and oxygen atoms in total. The fourth-order valence-corrected chi connectivity index (χ4v) is 7.53. The summed E-state index contributed by atoms with van der Waals surface area (Å²) in [4.78, 5) is 20.7.